The van der Waals surface area contributed by atoms with Gasteiger partial charge in [0.15, 0.2) is 0 Å². The molecule has 0 saturated carbocycles. The van der Waals surface area contributed by atoms with Gasteiger partial charge in [0.05, 0.1) is 18.6 Å². The lowest BCUT2D eigenvalue weighted by molar-refractivity contribution is -0.136. The van der Waals surface area contributed by atoms with E-state index in [1.807, 2.05) is 24.3 Å². The first-order valence-corrected chi connectivity index (χ1v) is 8.55. The van der Waals surface area contributed by atoms with Crippen LogP contribution in [0.4, 0.5) is 0 Å². The van der Waals surface area contributed by atoms with Crippen LogP contribution in [0.2, 0.25) is 0 Å². The molecule has 2 aromatic carbocycles. The SMILES string of the molecule is CCOC(=O)c1ccc(Sc2ccc(CC(=O)O)cc2Br)cc1. The molecule has 0 saturated heterocycles. The van der Waals surface area contributed by atoms with Gasteiger partial charge in [-0.15, -0.1) is 0 Å². The number of rotatable bonds is 6. The minimum atomic E-state index is -0.855. The summed E-state index contributed by atoms with van der Waals surface area (Å²) in [6.45, 7) is 2.12. The van der Waals surface area contributed by atoms with Crippen LogP contribution in [0.5, 0.6) is 0 Å². The van der Waals surface area contributed by atoms with E-state index in [1.165, 1.54) is 11.8 Å². The monoisotopic (exact) mass is 394 g/mol. The van der Waals surface area contributed by atoms with Gasteiger partial charge in [-0.1, -0.05) is 17.8 Å². The van der Waals surface area contributed by atoms with Crippen LogP contribution < -0.4 is 0 Å². The molecule has 0 aliphatic rings. The fraction of sp³-hybridized carbons (Fsp3) is 0.176. The van der Waals surface area contributed by atoms with Crippen LogP contribution in [0.15, 0.2) is 56.7 Å². The van der Waals surface area contributed by atoms with Crippen molar-refractivity contribution in [3.8, 4) is 0 Å². The van der Waals surface area contributed by atoms with Gasteiger partial charge >= 0.3 is 11.9 Å². The second kappa shape index (κ2) is 8.17. The van der Waals surface area contributed by atoms with Gasteiger partial charge in [-0.25, -0.2) is 4.79 Å². The summed E-state index contributed by atoms with van der Waals surface area (Å²) in [5.74, 6) is -1.19. The van der Waals surface area contributed by atoms with Crippen molar-refractivity contribution in [2.45, 2.75) is 23.1 Å². The van der Waals surface area contributed by atoms with Gasteiger partial charge in [0.1, 0.15) is 0 Å². The van der Waals surface area contributed by atoms with Crippen molar-refractivity contribution < 1.29 is 19.4 Å². The van der Waals surface area contributed by atoms with E-state index in [-0.39, 0.29) is 12.4 Å². The number of aliphatic carboxylic acids is 1. The normalized spacial score (nSPS) is 10.3. The van der Waals surface area contributed by atoms with Crippen molar-refractivity contribution in [1.29, 1.82) is 0 Å². The average molecular weight is 395 g/mol. The number of benzene rings is 2. The van der Waals surface area contributed by atoms with E-state index in [9.17, 15) is 9.59 Å². The third-order valence-corrected chi connectivity index (χ3v) is 4.95. The molecule has 1 N–H and O–H groups in total. The molecule has 0 unspecified atom stereocenters. The second-order valence-electron chi connectivity index (χ2n) is 4.68. The van der Waals surface area contributed by atoms with Crippen molar-refractivity contribution in [2.24, 2.45) is 0 Å². The highest BCUT2D eigenvalue weighted by Crippen LogP contribution is 2.34. The summed E-state index contributed by atoms with van der Waals surface area (Å²) in [6, 6.07) is 12.7. The van der Waals surface area contributed by atoms with Crippen LogP contribution in [0, 0.1) is 0 Å². The molecule has 120 valence electrons. The van der Waals surface area contributed by atoms with Gasteiger partial charge < -0.3 is 9.84 Å². The fourth-order valence-electron chi connectivity index (χ4n) is 1.91. The maximum atomic E-state index is 11.6. The molecule has 0 heterocycles. The van der Waals surface area contributed by atoms with Gasteiger partial charge in [0.2, 0.25) is 0 Å². The number of carboxylic acid groups (broad SMARTS) is 1. The number of hydrogen-bond donors (Lipinski definition) is 1. The van der Waals surface area contributed by atoms with E-state index in [1.54, 1.807) is 25.1 Å². The summed E-state index contributed by atoms with van der Waals surface area (Å²) in [5.41, 5.74) is 1.26. The lowest BCUT2D eigenvalue weighted by Gasteiger charge is -2.07. The number of hydrogen-bond acceptors (Lipinski definition) is 4. The summed E-state index contributed by atoms with van der Waals surface area (Å²) in [6.07, 6.45) is -0.00220. The fourth-order valence-corrected chi connectivity index (χ4v) is 3.40. The molecule has 0 aromatic heterocycles. The molecule has 2 rings (SSSR count). The highest BCUT2D eigenvalue weighted by atomic mass is 79.9. The highest BCUT2D eigenvalue weighted by Gasteiger charge is 2.09. The molecule has 0 bridgehead atoms. The lowest BCUT2D eigenvalue weighted by atomic mass is 10.2. The van der Waals surface area contributed by atoms with E-state index in [4.69, 9.17) is 9.84 Å². The van der Waals surface area contributed by atoms with Crippen molar-refractivity contribution in [3.63, 3.8) is 0 Å². The largest absolute Gasteiger partial charge is 0.481 e. The molecule has 2 aromatic rings. The number of ether oxygens (including phenoxy) is 1. The third-order valence-electron chi connectivity index (χ3n) is 2.94. The second-order valence-corrected chi connectivity index (χ2v) is 6.65. The van der Waals surface area contributed by atoms with Crippen LogP contribution in [0.1, 0.15) is 22.8 Å². The van der Waals surface area contributed by atoms with Crippen molar-refractivity contribution >= 4 is 39.6 Å². The Morgan fingerprint density at radius 1 is 1.17 bits per heavy atom. The minimum absolute atomic E-state index is 0.00220. The Hall–Kier alpha value is -1.79. The van der Waals surface area contributed by atoms with Gasteiger partial charge in [0, 0.05) is 14.3 Å². The maximum absolute atomic E-state index is 11.6. The molecule has 0 radical (unpaired) electrons. The van der Waals surface area contributed by atoms with E-state index in [2.05, 4.69) is 15.9 Å². The average Bonchev–Trinajstić information content (AvgIpc) is 2.50. The number of halogens is 1. The van der Waals surface area contributed by atoms with E-state index >= 15 is 0 Å². The molecule has 0 aliphatic carbocycles. The Kier molecular flexibility index (Phi) is 6.24. The molecule has 0 fully saturated rings. The number of carboxylic acids is 1. The molecular weight excluding hydrogens is 380 g/mol. The zero-order chi connectivity index (χ0) is 16.8. The summed E-state index contributed by atoms with van der Waals surface area (Å²) in [7, 11) is 0. The summed E-state index contributed by atoms with van der Waals surface area (Å²) in [4.78, 5) is 24.3. The first-order valence-electron chi connectivity index (χ1n) is 6.95. The predicted molar refractivity (Wildman–Crippen MR) is 92.0 cm³/mol. The Morgan fingerprint density at radius 2 is 1.87 bits per heavy atom. The standard InChI is InChI=1S/C17H15BrO4S/c1-2-22-17(21)12-4-6-13(7-5-12)23-15-8-3-11(9-14(15)18)10-16(19)20/h3-9H,2,10H2,1H3,(H,19,20). The van der Waals surface area contributed by atoms with Crippen molar-refractivity contribution in [2.75, 3.05) is 6.61 Å². The Labute approximate surface area is 147 Å². The summed E-state index contributed by atoms with van der Waals surface area (Å²) >= 11 is 4.99. The third kappa shape index (κ3) is 5.11. The van der Waals surface area contributed by atoms with Gasteiger partial charge in [-0.2, -0.15) is 0 Å². The molecule has 0 atom stereocenters. The van der Waals surface area contributed by atoms with E-state index in [0.29, 0.717) is 12.2 Å². The predicted octanol–water partition coefficient (Wildman–Crippen LogP) is 4.40. The Morgan fingerprint density at radius 3 is 2.43 bits per heavy atom. The zero-order valence-electron chi connectivity index (χ0n) is 12.4. The van der Waals surface area contributed by atoms with Crippen LogP contribution in [-0.4, -0.2) is 23.7 Å². The number of carbonyl (C=O) groups is 2. The Bertz CT molecular complexity index is 713. The topological polar surface area (TPSA) is 63.6 Å². The van der Waals surface area contributed by atoms with Crippen LogP contribution in [0.3, 0.4) is 0 Å². The molecule has 4 nitrogen and oxygen atoms in total. The minimum Gasteiger partial charge on any atom is -0.481 e. The molecule has 0 amide bonds. The van der Waals surface area contributed by atoms with E-state index < -0.39 is 5.97 Å². The number of carbonyl (C=O) groups excluding carboxylic acids is 1. The van der Waals surface area contributed by atoms with Crippen LogP contribution >= 0.6 is 27.7 Å². The first-order chi connectivity index (χ1) is 11.0. The zero-order valence-corrected chi connectivity index (χ0v) is 14.8. The molecule has 6 heteroatoms. The molecular formula is C17H15BrO4S. The molecule has 0 aliphatic heterocycles. The lowest BCUT2D eigenvalue weighted by Crippen LogP contribution is -2.03. The molecule has 0 spiro atoms. The van der Waals surface area contributed by atoms with Gasteiger partial charge in [0.25, 0.3) is 0 Å². The van der Waals surface area contributed by atoms with Crippen molar-refractivity contribution in [1.82, 2.24) is 0 Å². The molecule has 23 heavy (non-hydrogen) atoms. The summed E-state index contributed by atoms with van der Waals surface area (Å²) in [5, 5.41) is 8.81. The quantitative estimate of drug-likeness (QED) is 0.735. The maximum Gasteiger partial charge on any atom is 0.338 e. The summed E-state index contributed by atoms with van der Waals surface area (Å²) < 4.78 is 5.79. The smallest absolute Gasteiger partial charge is 0.338 e. The van der Waals surface area contributed by atoms with Gasteiger partial charge in [-0.3, -0.25) is 4.79 Å². The van der Waals surface area contributed by atoms with Crippen LogP contribution in [-0.2, 0) is 16.0 Å². The van der Waals surface area contributed by atoms with Crippen molar-refractivity contribution in [3.05, 3.63) is 58.1 Å². The van der Waals surface area contributed by atoms with E-state index in [0.717, 1.165) is 19.8 Å². The first kappa shape index (κ1) is 17.6. The highest BCUT2D eigenvalue weighted by molar-refractivity contribution is 9.10. The Balaban J connectivity index is 2.10. The van der Waals surface area contributed by atoms with Gasteiger partial charge in [-0.05, 0) is 64.8 Å². The van der Waals surface area contributed by atoms with Crippen LogP contribution in [0.25, 0.3) is 0 Å². The number of esters is 1.